The van der Waals surface area contributed by atoms with E-state index in [2.05, 4.69) is 132 Å². The van der Waals surface area contributed by atoms with E-state index in [0.29, 0.717) is 0 Å². The first-order valence-electron chi connectivity index (χ1n) is 17.2. The van der Waals surface area contributed by atoms with Gasteiger partial charge in [0.05, 0.1) is 26.9 Å². The van der Waals surface area contributed by atoms with E-state index in [9.17, 15) is 0 Å². The molecule has 1 fully saturated rings. The van der Waals surface area contributed by atoms with E-state index >= 15 is 0 Å². The second-order valence-corrected chi connectivity index (χ2v) is 14.6. The van der Waals surface area contributed by atoms with Gasteiger partial charge in [-0.2, -0.15) is 0 Å². The SMILES string of the molecule is c1ccc(-c2nc(-n3c4ccccc4c4c5ccccc5c5c(c43)C3(CCCCC3)c3ccccc3-5)nc3c2sc2ccccc23)cc1. The van der Waals surface area contributed by atoms with Crippen LogP contribution in [0.1, 0.15) is 43.2 Å². The Morgan fingerprint density at radius 1 is 0.604 bits per heavy atom. The fourth-order valence-corrected chi connectivity index (χ4v) is 10.4. The lowest BCUT2D eigenvalue weighted by Gasteiger charge is -2.36. The van der Waals surface area contributed by atoms with Crippen LogP contribution in [0.3, 0.4) is 0 Å². The average molecular weight is 634 g/mol. The van der Waals surface area contributed by atoms with Gasteiger partial charge in [-0.15, -0.1) is 11.3 Å². The van der Waals surface area contributed by atoms with Crippen LogP contribution < -0.4 is 0 Å². The zero-order valence-corrected chi connectivity index (χ0v) is 27.2. The van der Waals surface area contributed by atoms with Crippen LogP contribution in [0.5, 0.6) is 0 Å². The van der Waals surface area contributed by atoms with Gasteiger partial charge in [-0.3, -0.25) is 4.57 Å². The summed E-state index contributed by atoms with van der Waals surface area (Å²) in [4.78, 5) is 11.1. The molecular weight excluding hydrogens is 603 g/mol. The minimum atomic E-state index is -0.0416. The summed E-state index contributed by atoms with van der Waals surface area (Å²) in [5, 5.41) is 6.41. The van der Waals surface area contributed by atoms with Crippen molar-refractivity contribution < 1.29 is 0 Å². The van der Waals surface area contributed by atoms with Crippen molar-refractivity contribution in [1.82, 2.24) is 14.5 Å². The lowest BCUT2D eigenvalue weighted by Crippen LogP contribution is -2.28. The van der Waals surface area contributed by atoms with Gasteiger partial charge in [0.25, 0.3) is 0 Å². The molecule has 48 heavy (non-hydrogen) atoms. The molecule has 0 unspecified atom stereocenters. The molecule has 0 aliphatic heterocycles. The summed E-state index contributed by atoms with van der Waals surface area (Å²) in [6.45, 7) is 0. The predicted molar refractivity (Wildman–Crippen MR) is 202 cm³/mol. The number of fused-ring (bicyclic) bond motifs is 15. The molecule has 0 atom stereocenters. The fourth-order valence-electron chi connectivity index (χ4n) is 9.27. The summed E-state index contributed by atoms with van der Waals surface area (Å²) in [7, 11) is 0. The zero-order chi connectivity index (χ0) is 31.4. The van der Waals surface area contributed by atoms with Crippen LogP contribution in [0.4, 0.5) is 0 Å². The Bertz CT molecular complexity index is 2760. The molecule has 1 spiro atoms. The molecule has 6 aromatic carbocycles. The van der Waals surface area contributed by atoms with Crippen molar-refractivity contribution in [1.29, 1.82) is 0 Å². The summed E-state index contributed by atoms with van der Waals surface area (Å²) >= 11 is 1.79. The molecule has 4 heteroatoms. The molecule has 0 amide bonds. The molecule has 3 aromatic heterocycles. The molecule has 3 heterocycles. The van der Waals surface area contributed by atoms with Gasteiger partial charge in [0.15, 0.2) is 0 Å². The van der Waals surface area contributed by atoms with Crippen molar-refractivity contribution in [2.45, 2.75) is 37.5 Å². The monoisotopic (exact) mass is 633 g/mol. The summed E-state index contributed by atoms with van der Waals surface area (Å²) in [6.07, 6.45) is 6.10. The standard InChI is InChI=1S/C44H31N3S/c1-3-15-27(16-4-1)39-42-40(32-21-9-12-24-35(32)48-42)46-43(45-39)47-34-23-11-8-20-31(34)37-29-18-6-5-17-28(29)36-30-19-7-10-22-33(30)44(38(36)41(37)47)25-13-2-14-26-44/h1,3-12,15-24H,2,13-14,25-26H2. The quantitative estimate of drug-likeness (QED) is 0.190. The Kier molecular flexibility index (Phi) is 5.48. The van der Waals surface area contributed by atoms with Crippen molar-refractivity contribution in [2.24, 2.45) is 0 Å². The minimum Gasteiger partial charge on any atom is -0.278 e. The summed E-state index contributed by atoms with van der Waals surface area (Å²) in [5.41, 5.74) is 11.3. The third-order valence-electron chi connectivity index (χ3n) is 11.2. The number of hydrogen-bond donors (Lipinski definition) is 0. The highest BCUT2D eigenvalue weighted by Gasteiger charge is 2.47. The first kappa shape index (κ1) is 26.7. The van der Waals surface area contributed by atoms with E-state index in [1.165, 1.54) is 78.7 Å². The largest absolute Gasteiger partial charge is 0.278 e. The molecule has 228 valence electrons. The van der Waals surface area contributed by atoms with Crippen LogP contribution >= 0.6 is 11.3 Å². The van der Waals surface area contributed by atoms with Gasteiger partial charge in [-0.25, -0.2) is 9.97 Å². The molecule has 2 aliphatic rings. The van der Waals surface area contributed by atoms with Gasteiger partial charge in [0, 0.05) is 31.8 Å². The summed E-state index contributed by atoms with van der Waals surface area (Å²) in [6, 6.07) is 46.6. The Balaban J connectivity index is 1.38. The van der Waals surface area contributed by atoms with Gasteiger partial charge >= 0.3 is 0 Å². The first-order valence-corrected chi connectivity index (χ1v) is 18.0. The molecule has 0 saturated heterocycles. The van der Waals surface area contributed by atoms with Crippen LogP contribution in [-0.2, 0) is 5.41 Å². The summed E-state index contributed by atoms with van der Waals surface area (Å²) in [5.74, 6) is 0.746. The predicted octanol–water partition coefficient (Wildman–Crippen LogP) is 12.0. The highest BCUT2D eigenvalue weighted by molar-refractivity contribution is 7.26. The van der Waals surface area contributed by atoms with E-state index < -0.39 is 0 Å². The van der Waals surface area contributed by atoms with E-state index in [1.54, 1.807) is 11.3 Å². The third-order valence-corrected chi connectivity index (χ3v) is 12.3. The second-order valence-electron chi connectivity index (χ2n) is 13.6. The van der Waals surface area contributed by atoms with Gasteiger partial charge in [0.1, 0.15) is 0 Å². The number of hydrogen-bond acceptors (Lipinski definition) is 3. The molecule has 1 saturated carbocycles. The van der Waals surface area contributed by atoms with Gasteiger partial charge < -0.3 is 0 Å². The molecule has 0 radical (unpaired) electrons. The van der Waals surface area contributed by atoms with E-state index in [4.69, 9.17) is 9.97 Å². The molecule has 9 aromatic rings. The lowest BCUT2D eigenvalue weighted by molar-refractivity contribution is 0.354. The Labute approximate surface area is 282 Å². The Morgan fingerprint density at radius 2 is 1.29 bits per heavy atom. The number of para-hydroxylation sites is 1. The van der Waals surface area contributed by atoms with Gasteiger partial charge in [0.2, 0.25) is 5.95 Å². The van der Waals surface area contributed by atoms with Crippen LogP contribution in [0.15, 0.2) is 127 Å². The zero-order valence-electron chi connectivity index (χ0n) is 26.4. The van der Waals surface area contributed by atoms with Crippen molar-refractivity contribution in [3.8, 4) is 28.3 Å². The van der Waals surface area contributed by atoms with E-state index in [1.807, 2.05) is 0 Å². The number of aromatic nitrogens is 3. The maximum absolute atomic E-state index is 5.56. The molecular formula is C44H31N3S. The molecule has 11 rings (SSSR count). The number of thiophene rings is 1. The maximum atomic E-state index is 5.56. The highest BCUT2D eigenvalue weighted by Crippen LogP contribution is 2.60. The molecule has 0 bridgehead atoms. The minimum absolute atomic E-state index is 0.0416. The second kappa shape index (κ2) is 9.85. The highest BCUT2D eigenvalue weighted by atomic mass is 32.1. The smallest absolute Gasteiger partial charge is 0.235 e. The van der Waals surface area contributed by atoms with E-state index in [-0.39, 0.29) is 5.41 Å². The number of rotatable bonds is 2. The molecule has 0 N–H and O–H groups in total. The Morgan fingerprint density at radius 3 is 2.15 bits per heavy atom. The van der Waals surface area contributed by atoms with Gasteiger partial charge in [-0.1, -0.05) is 135 Å². The maximum Gasteiger partial charge on any atom is 0.235 e. The number of nitrogens with zero attached hydrogens (tertiary/aromatic N) is 3. The van der Waals surface area contributed by atoms with Crippen molar-refractivity contribution in [3.63, 3.8) is 0 Å². The van der Waals surface area contributed by atoms with Gasteiger partial charge in [-0.05, 0) is 58.0 Å². The molecule has 2 aliphatic carbocycles. The lowest BCUT2D eigenvalue weighted by atomic mass is 9.67. The normalized spacial score (nSPS) is 15.2. The Hall–Kier alpha value is -5.32. The van der Waals surface area contributed by atoms with Crippen LogP contribution in [0.2, 0.25) is 0 Å². The molecule has 3 nitrogen and oxygen atoms in total. The van der Waals surface area contributed by atoms with Crippen molar-refractivity contribution in [3.05, 3.63) is 139 Å². The van der Waals surface area contributed by atoms with Crippen LogP contribution in [-0.4, -0.2) is 14.5 Å². The van der Waals surface area contributed by atoms with Crippen molar-refractivity contribution >= 4 is 64.2 Å². The van der Waals surface area contributed by atoms with Crippen molar-refractivity contribution in [2.75, 3.05) is 0 Å². The first-order chi connectivity index (χ1) is 23.8. The third kappa shape index (κ3) is 3.43. The van der Waals surface area contributed by atoms with Crippen LogP contribution in [0, 0.1) is 0 Å². The average Bonchev–Trinajstić information content (AvgIpc) is 3.79. The topological polar surface area (TPSA) is 30.7 Å². The summed E-state index contributed by atoms with van der Waals surface area (Å²) < 4.78 is 4.82. The number of benzene rings is 6. The fraction of sp³-hybridized carbons (Fsp3) is 0.136. The van der Waals surface area contributed by atoms with E-state index in [0.717, 1.165) is 45.8 Å². The van der Waals surface area contributed by atoms with Crippen LogP contribution in [0.25, 0.3) is 81.2 Å².